The second-order valence-corrected chi connectivity index (χ2v) is 7.00. The number of hydrogen-bond donors (Lipinski definition) is 1. The number of anilines is 1. The first-order chi connectivity index (χ1) is 9.73. The van der Waals surface area contributed by atoms with Gasteiger partial charge in [-0.15, -0.1) is 0 Å². The molecule has 4 nitrogen and oxygen atoms in total. The number of rotatable bonds is 3. The quantitative estimate of drug-likeness (QED) is 0.926. The summed E-state index contributed by atoms with van der Waals surface area (Å²) in [5.74, 6) is 0. The van der Waals surface area contributed by atoms with Gasteiger partial charge in [0.25, 0.3) is 9.84 Å². The van der Waals surface area contributed by atoms with E-state index >= 15 is 0 Å². The van der Waals surface area contributed by atoms with Gasteiger partial charge in [-0.2, -0.15) is 13.2 Å². The summed E-state index contributed by atoms with van der Waals surface area (Å²) in [5.41, 5.74) is -4.57. The second kappa shape index (κ2) is 5.84. The molecule has 1 fully saturated rings. The van der Waals surface area contributed by atoms with Crippen molar-refractivity contribution >= 4 is 15.5 Å². The van der Waals surface area contributed by atoms with Crippen LogP contribution >= 0.6 is 0 Å². The Hall–Kier alpha value is -1.28. The molecule has 1 unspecified atom stereocenters. The van der Waals surface area contributed by atoms with Crippen LogP contribution in [-0.4, -0.2) is 40.1 Å². The molecule has 21 heavy (non-hydrogen) atoms. The third-order valence-electron chi connectivity index (χ3n) is 3.68. The van der Waals surface area contributed by atoms with Crippen LogP contribution in [0.2, 0.25) is 0 Å². The van der Waals surface area contributed by atoms with Crippen LogP contribution in [0.15, 0.2) is 29.2 Å². The van der Waals surface area contributed by atoms with E-state index < -0.39 is 20.2 Å². The van der Waals surface area contributed by atoms with Crippen LogP contribution in [-0.2, 0) is 9.84 Å². The predicted molar refractivity (Wildman–Crippen MR) is 74.0 cm³/mol. The van der Waals surface area contributed by atoms with Crippen LogP contribution in [0.25, 0.3) is 0 Å². The van der Waals surface area contributed by atoms with Gasteiger partial charge in [0.2, 0.25) is 0 Å². The summed E-state index contributed by atoms with van der Waals surface area (Å²) in [6.07, 6.45) is 2.03. The fraction of sp³-hybridized carbons (Fsp3) is 0.538. The van der Waals surface area contributed by atoms with Gasteiger partial charge in [-0.05, 0) is 43.7 Å². The first kappa shape index (κ1) is 16.1. The van der Waals surface area contributed by atoms with E-state index in [4.69, 9.17) is 0 Å². The van der Waals surface area contributed by atoms with Crippen molar-refractivity contribution in [2.24, 2.45) is 0 Å². The predicted octanol–water partition coefficient (Wildman–Crippen LogP) is 2.17. The number of nitrogens with one attached hydrogen (secondary N) is 1. The maximum atomic E-state index is 12.5. The lowest BCUT2D eigenvalue weighted by Gasteiger charge is -2.33. The molecule has 0 spiro atoms. The Morgan fingerprint density at radius 1 is 1.24 bits per heavy atom. The van der Waals surface area contributed by atoms with Crippen molar-refractivity contribution in [1.82, 2.24) is 5.32 Å². The van der Waals surface area contributed by atoms with Gasteiger partial charge in [0.15, 0.2) is 0 Å². The van der Waals surface area contributed by atoms with E-state index in [0.717, 1.165) is 38.1 Å². The average Bonchev–Trinajstić information content (AvgIpc) is 2.46. The molecule has 0 aliphatic carbocycles. The molecule has 2 rings (SSSR count). The van der Waals surface area contributed by atoms with Gasteiger partial charge < -0.3 is 10.2 Å². The molecule has 1 aliphatic rings. The zero-order valence-corrected chi connectivity index (χ0v) is 12.3. The minimum atomic E-state index is -5.27. The van der Waals surface area contributed by atoms with Gasteiger partial charge in [0.1, 0.15) is 0 Å². The monoisotopic (exact) mass is 322 g/mol. The van der Waals surface area contributed by atoms with Crippen molar-refractivity contribution in [1.29, 1.82) is 0 Å². The summed E-state index contributed by atoms with van der Waals surface area (Å²) in [7, 11) is -3.42. The molecule has 1 atom stereocenters. The molecule has 1 heterocycles. The largest absolute Gasteiger partial charge is 0.501 e. The Labute approximate surface area is 121 Å². The van der Waals surface area contributed by atoms with E-state index in [1.54, 1.807) is 0 Å². The van der Waals surface area contributed by atoms with Crippen molar-refractivity contribution < 1.29 is 21.6 Å². The van der Waals surface area contributed by atoms with Crippen LogP contribution in [0.1, 0.15) is 12.8 Å². The molecule has 0 radical (unpaired) electrons. The van der Waals surface area contributed by atoms with Crippen molar-refractivity contribution in [2.45, 2.75) is 29.3 Å². The molecule has 0 bridgehead atoms. The summed E-state index contributed by atoms with van der Waals surface area (Å²) >= 11 is 0. The molecular weight excluding hydrogens is 305 g/mol. The summed E-state index contributed by atoms with van der Waals surface area (Å²) < 4.78 is 60.0. The normalized spacial score (nSPS) is 20.3. The van der Waals surface area contributed by atoms with Crippen LogP contribution < -0.4 is 10.2 Å². The number of halogens is 3. The number of benzene rings is 1. The van der Waals surface area contributed by atoms with Gasteiger partial charge in [0.05, 0.1) is 4.90 Å². The molecule has 8 heteroatoms. The summed E-state index contributed by atoms with van der Waals surface area (Å²) in [6.45, 7) is 1.77. The number of alkyl halides is 3. The number of piperidine rings is 1. The average molecular weight is 322 g/mol. The van der Waals surface area contributed by atoms with E-state index in [0.29, 0.717) is 5.69 Å². The van der Waals surface area contributed by atoms with Crippen molar-refractivity contribution in [3.8, 4) is 0 Å². The number of nitrogens with zero attached hydrogens (tertiary/aromatic N) is 1. The SMILES string of the molecule is CN(c1ccc(S(=O)(=O)C(F)(F)F)cc1)C1CCCNC1. The zero-order chi connectivity index (χ0) is 15.7. The number of likely N-dealkylation sites (N-methyl/N-ethyl adjacent to an activating group) is 1. The maximum Gasteiger partial charge on any atom is 0.501 e. The van der Waals surface area contributed by atoms with Crippen LogP contribution in [0, 0.1) is 0 Å². The molecule has 1 aliphatic heterocycles. The Morgan fingerprint density at radius 2 is 1.86 bits per heavy atom. The molecule has 0 aromatic heterocycles. The molecule has 1 aromatic rings. The highest BCUT2D eigenvalue weighted by molar-refractivity contribution is 7.92. The summed E-state index contributed by atoms with van der Waals surface area (Å²) in [5, 5.41) is 3.25. The Balaban J connectivity index is 2.19. The van der Waals surface area contributed by atoms with Crippen molar-refractivity contribution in [3.05, 3.63) is 24.3 Å². The van der Waals surface area contributed by atoms with E-state index in [-0.39, 0.29) is 6.04 Å². The van der Waals surface area contributed by atoms with Crippen LogP contribution in [0.5, 0.6) is 0 Å². The Kier molecular flexibility index (Phi) is 4.48. The van der Waals surface area contributed by atoms with E-state index in [9.17, 15) is 21.6 Å². The Morgan fingerprint density at radius 3 is 2.33 bits per heavy atom. The third-order valence-corrected chi connectivity index (χ3v) is 5.18. The minimum Gasteiger partial charge on any atom is -0.370 e. The molecule has 1 saturated heterocycles. The lowest BCUT2D eigenvalue weighted by Crippen LogP contribution is -2.44. The molecule has 0 amide bonds. The zero-order valence-electron chi connectivity index (χ0n) is 11.5. The van der Waals surface area contributed by atoms with E-state index in [2.05, 4.69) is 5.32 Å². The lowest BCUT2D eigenvalue weighted by atomic mass is 10.1. The maximum absolute atomic E-state index is 12.5. The van der Waals surface area contributed by atoms with E-state index in [1.807, 2.05) is 11.9 Å². The van der Waals surface area contributed by atoms with E-state index in [1.165, 1.54) is 12.1 Å². The third kappa shape index (κ3) is 3.32. The van der Waals surface area contributed by atoms with Gasteiger partial charge in [0, 0.05) is 25.3 Å². The van der Waals surface area contributed by atoms with Crippen molar-refractivity contribution in [2.75, 3.05) is 25.0 Å². The highest BCUT2D eigenvalue weighted by atomic mass is 32.2. The fourth-order valence-corrected chi connectivity index (χ4v) is 3.13. The highest BCUT2D eigenvalue weighted by Crippen LogP contribution is 2.31. The lowest BCUT2D eigenvalue weighted by molar-refractivity contribution is -0.0436. The molecule has 0 saturated carbocycles. The Bertz CT molecular complexity index is 578. The minimum absolute atomic E-state index is 0.254. The second-order valence-electron chi connectivity index (χ2n) is 5.05. The first-order valence-electron chi connectivity index (χ1n) is 6.58. The number of sulfone groups is 1. The van der Waals surface area contributed by atoms with Gasteiger partial charge in [-0.3, -0.25) is 0 Å². The molecular formula is C13H17F3N2O2S. The van der Waals surface area contributed by atoms with Crippen LogP contribution in [0.4, 0.5) is 18.9 Å². The van der Waals surface area contributed by atoms with Gasteiger partial charge in [-0.25, -0.2) is 8.42 Å². The fourth-order valence-electron chi connectivity index (χ4n) is 2.37. The van der Waals surface area contributed by atoms with Crippen LogP contribution in [0.3, 0.4) is 0 Å². The first-order valence-corrected chi connectivity index (χ1v) is 8.07. The highest BCUT2D eigenvalue weighted by Gasteiger charge is 2.46. The standard InChI is InChI=1S/C13H17F3N2O2S/c1-18(11-3-2-8-17-9-11)10-4-6-12(7-5-10)21(19,20)13(14,15)16/h4-7,11,17H,2-3,8-9H2,1H3. The molecule has 1 aromatic carbocycles. The molecule has 1 N–H and O–H groups in total. The number of hydrogen-bond acceptors (Lipinski definition) is 4. The smallest absolute Gasteiger partial charge is 0.370 e. The summed E-state index contributed by atoms with van der Waals surface area (Å²) in [6, 6.07) is 5.08. The summed E-state index contributed by atoms with van der Waals surface area (Å²) in [4.78, 5) is 1.23. The van der Waals surface area contributed by atoms with Gasteiger partial charge >= 0.3 is 5.51 Å². The van der Waals surface area contributed by atoms with Crippen molar-refractivity contribution in [3.63, 3.8) is 0 Å². The topological polar surface area (TPSA) is 49.4 Å². The molecule has 118 valence electrons. The van der Waals surface area contributed by atoms with Gasteiger partial charge in [-0.1, -0.05) is 0 Å².